The van der Waals surface area contributed by atoms with E-state index in [1.165, 1.54) is 6.42 Å². The zero-order chi connectivity index (χ0) is 13.1. The fourth-order valence-electron chi connectivity index (χ4n) is 2.50. The molecule has 3 nitrogen and oxygen atoms in total. The number of nitrogen functional groups attached to an aromatic ring is 1. The minimum absolute atomic E-state index is 0.0983. The van der Waals surface area contributed by atoms with Crippen molar-refractivity contribution in [3.05, 3.63) is 28.2 Å². The monoisotopic (exact) mass is 310 g/mol. The number of hydrogen-bond donors (Lipinski definition) is 1. The van der Waals surface area contributed by atoms with Crippen LogP contribution in [0.1, 0.15) is 36.5 Å². The summed E-state index contributed by atoms with van der Waals surface area (Å²) < 4.78 is 0.856. The Kier molecular flexibility index (Phi) is 4.27. The number of carbonyl (C=O) groups excluding carboxylic acids is 1. The molecule has 0 radical (unpaired) electrons. The van der Waals surface area contributed by atoms with Crippen LogP contribution in [0, 0.1) is 5.92 Å². The zero-order valence-corrected chi connectivity index (χ0v) is 12.2. The number of amides is 1. The summed E-state index contributed by atoms with van der Waals surface area (Å²) in [6.45, 7) is 3.93. The third kappa shape index (κ3) is 3.05. The number of hydrogen-bond acceptors (Lipinski definition) is 2. The number of halogens is 1. The summed E-state index contributed by atoms with van der Waals surface area (Å²) in [7, 11) is 0. The number of carbonyl (C=O) groups is 1. The molecule has 0 spiro atoms. The van der Waals surface area contributed by atoms with Gasteiger partial charge in [0.25, 0.3) is 5.91 Å². The molecular formula is C14H19BrN2O. The van der Waals surface area contributed by atoms with Crippen molar-refractivity contribution in [2.24, 2.45) is 5.92 Å². The molecule has 1 aliphatic rings. The Labute approximate surface area is 116 Å². The van der Waals surface area contributed by atoms with Gasteiger partial charge in [0.05, 0.1) is 0 Å². The molecule has 1 aromatic carbocycles. The molecule has 1 saturated heterocycles. The summed E-state index contributed by atoms with van der Waals surface area (Å²) >= 11 is 3.38. The number of piperidine rings is 1. The molecule has 1 unspecified atom stereocenters. The second-order valence-electron chi connectivity index (χ2n) is 4.94. The van der Waals surface area contributed by atoms with Gasteiger partial charge in [0.15, 0.2) is 0 Å². The summed E-state index contributed by atoms with van der Waals surface area (Å²) in [5, 5.41) is 0. The Hall–Kier alpha value is -1.03. The van der Waals surface area contributed by atoms with Crippen LogP contribution < -0.4 is 5.73 Å². The lowest BCUT2D eigenvalue weighted by Crippen LogP contribution is -2.39. The molecule has 0 saturated carbocycles. The molecule has 98 valence electrons. The first kappa shape index (κ1) is 13.4. The van der Waals surface area contributed by atoms with Gasteiger partial charge in [-0.2, -0.15) is 0 Å². The highest BCUT2D eigenvalue weighted by molar-refractivity contribution is 9.10. The predicted octanol–water partition coefficient (Wildman–Crippen LogP) is 3.29. The summed E-state index contributed by atoms with van der Waals surface area (Å²) in [5.74, 6) is 0.744. The lowest BCUT2D eigenvalue weighted by Gasteiger charge is -2.32. The average molecular weight is 311 g/mol. The lowest BCUT2D eigenvalue weighted by molar-refractivity contribution is 0.0671. The molecule has 1 atom stereocenters. The van der Waals surface area contributed by atoms with Gasteiger partial charge in [0.2, 0.25) is 0 Å². The van der Waals surface area contributed by atoms with Crippen molar-refractivity contribution < 1.29 is 4.79 Å². The van der Waals surface area contributed by atoms with Gasteiger partial charge in [-0.05, 0) is 37.0 Å². The Morgan fingerprint density at radius 3 is 2.94 bits per heavy atom. The number of anilines is 1. The molecule has 1 aliphatic heterocycles. The van der Waals surface area contributed by atoms with E-state index in [1.54, 1.807) is 6.07 Å². The van der Waals surface area contributed by atoms with E-state index in [4.69, 9.17) is 5.73 Å². The quantitative estimate of drug-likeness (QED) is 0.852. The normalized spacial score (nSPS) is 19.9. The number of likely N-dealkylation sites (tertiary alicyclic amines) is 1. The minimum Gasteiger partial charge on any atom is -0.399 e. The van der Waals surface area contributed by atoms with Gasteiger partial charge in [0.1, 0.15) is 0 Å². The molecule has 0 bridgehead atoms. The highest BCUT2D eigenvalue weighted by atomic mass is 79.9. The number of benzene rings is 1. The Morgan fingerprint density at radius 1 is 1.50 bits per heavy atom. The summed E-state index contributed by atoms with van der Waals surface area (Å²) in [5.41, 5.74) is 7.08. The van der Waals surface area contributed by atoms with Gasteiger partial charge in [-0.1, -0.05) is 29.3 Å². The van der Waals surface area contributed by atoms with Crippen LogP contribution in [0.3, 0.4) is 0 Å². The van der Waals surface area contributed by atoms with Crippen LogP contribution in [0.5, 0.6) is 0 Å². The number of rotatable bonds is 2. The second-order valence-corrected chi connectivity index (χ2v) is 5.86. The van der Waals surface area contributed by atoms with Crippen molar-refractivity contribution in [1.82, 2.24) is 4.90 Å². The molecular weight excluding hydrogens is 292 g/mol. The topological polar surface area (TPSA) is 46.3 Å². The number of nitrogens with zero attached hydrogens (tertiary/aromatic N) is 1. The zero-order valence-electron chi connectivity index (χ0n) is 10.7. The molecule has 1 fully saturated rings. The van der Waals surface area contributed by atoms with Gasteiger partial charge in [0, 0.05) is 28.8 Å². The third-order valence-electron chi connectivity index (χ3n) is 3.55. The van der Waals surface area contributed by atoms with E-state index in [0.29, 0.717) is 17.2 Å². The van der Waals surface area contributed by atoms with E-state index < -0.39 is 0 Å². The Bertz CT molecular complexity index is 427. The highest BCUT2D eigenvalue weighted by Gasteiger charge is 2.23. The molecule has 0 aromatic heterocycles. The van der Waals surface area contributed by atoms with Gasteiger partial charge in [-0.15, -0.1) is 0 Å². The molecule has 0 aliphatic carbocycles. The predicted molar refractivity (Wildman–Crippen MR) is 77.5 cm³/mol. The molecule has 18 heavy (non-hydrogen) atoms. The molecule has 2 rings (SSSR count). The van der Waals surface area contributed by atoms with Crippen LogP contribution in [0.4, 0.5) is 5.69 Å². The first-order chi connectivity index (χ1) is 8.60. The van der Waals surface area contributed by atoms with E-state index in [1.807, 2.05) is 17.0 Å². The van der Waals surface area contributed by atoms with Gasteiger partial charge < -0.3 is 10.6 Å². The van der Waals surface area contributed by atoms with E-state index >= 15 is 0 Å². The smallest absolute Gasteiger partial charge is 0.253 e. The van der Waals surface area contributed by atoms with Crippen molar-refractivity contribution >= 4 is 27.5 Å². The molecule has 1 aromatic rings. The highest BCUT2D eigenvalue weighted by Crippen LogP contribution is 2.23. The van der Waals surface area contributed by atoms with Crippen LogP contribution in [-0.2, 0) is 0 Å². The molecule has 2 N–H and O–H groups in total. The van der Waals surface area contributed by atoms with Gasteiger partial charge >= 0.3 is 0 Å². The fourth-order valence-corrected chi connectivity index (χ4v) is 3.01. The Balaban J connectivity index is 2.15. The first-order valence-corrected chi connectivity index (χ1v) is 7.24. The van der Waals surface area contributed by atoms with E-state index in [2.05, 4.69) is 22.9 Å². The van der Waals surface area contributed by atoms with Crippen molar-refractivity contribution in [3.63, 3.8) is 0 Å². The maximum absolute atomic E-state index is 12.4. The largest absolute Gasteiger partial charge is 0.399 e. The summed E-state index contributed by atoms with van der Waals surface area (Å²) in [6, 6.07) is 5.40. The van der Waals surface area contributed by atoms with Crippen molar-refractivity contribution in [2.75, 3.05) is 18.8 Å². The maximum Gasteiger partial charge on any atom is 0.253 e. The summed E-state index contributed by atoms with van der Waals surface area (Å²) in [6.07, 6.45) is 3.49. The van der Waals surface area contributed by atoms with Crippen LogP contribution in [-0.4, -0.2) is 23.9 Å². The lowest BCUT2D eigenvalue weighted by atomic mass is 9.95. The average Bonchev–Trinajstić information content (AvgIpc) is 2.37. The third-order valence-corrected chi connectivity index (χ3v) is 4.01. The fraction of sp³-hybridized carbons (Fsp3) is 0.500. The summed E-state index contributed by atoms with van der Waals surface area (Å²) in [4.78, 5) is 14.4. The van der Waals surface area contributed by atoms with Crippen LogP contribution in [0.25, 0.3) is 0 Å². The van der Waals surface area contributed by atoms with Crippen LogP contribution in [0.2, 0.25) is 0 Å². The van der Waals surface area contributed by atoms with Crippen molar-refractivity contribution in [1.29, 1.82) is 0 Å². The standard InChI is InChI=1S/C14H19BrN2O/c1-2-10-4-3-5-17(9-10)14(18)11-6-12(15)8-13(16)7-11/h6-8,10H,2-5,9,16H2,1H3. The SMILES string of the molecule is CCC1CCCN(C(=O)c2cc(N)cc(Br)c2)C1. The first-order valence-electron chi connectivity index (χ1n) is 6.45. The maximum atomic E-state index is 12.4. The van der Waals surface area contributed by atoms with Gasteiger partial charge in [-0.25, -0.2) is 0 Å². The molecule has 1 amide bonds. The van der Waals surface area contributed by atoms with Gasteiger partial charge in [-0.3, -0.25) is 4.79 Å². The van der Waals surface area contributed by atoms with Crippen molar-refractivity contribution in [3.8, 4) is 0 Å². The second kappa shape index (κ2) is 5.74. The molecule has 1 heterocycles. The van der Waals surface area contributed by atoms with E-state index in [-0.39, 0.29) is 5.91 Å². The Morgan fingerprint density at radius 2 is 2.28 bits per heavy atom. The van der Waals surface area contributed by atoms with E-state index in [9.17, 15) is 4.79 Å². The minimum atomic E-state index is 0.0983. The van der Waals surface area contributed by atoms with Crippen LogP contribution >= 0.6 is 15.9 Å². The van der Waals surface area contributed by atoms with E-state index in [0.717, 1.165) is 30.4 Å². The van der Waals surface area contributed by atoms with Crippen LogP contribution in [0.15, 0.2) is 22.7 Å². The van der Waals surface area contributed by atoms with Crippen molar-refractivity contribution in [2.45, 2.75) is 26.2 Å². The number of nitrogens with two attached hydrogens (primary N) is 1. The molecule has 4 heteroatoms.